The smallest absolute Gasteiger partial charge is 0.388 e. The first kappa shape index (κ1) is 28.1. The number of nitrogens with zero attached hydrogens (tertiary/aromatic N) is 4. The lowest BCUT2D eigenvalue weighted by atomic mass is 10.1. The normalized spacial score (nSPS) is 12.4. The first-order valence-corrected chi connectivity index (χ1v) is 11.7. The van der Waals surface area contributed by atoms with Crippen molar-refractivity contribution in [2.45, 2.75) is 13.5 Å². The molecule has 0 fully saturated rings. The first-order chi connectivity index (χ1) is 17.7. The molecule has 0 atom stereocenters. The Balaban J connectivity index is 0.000000284. The van der Waals surface area contributed by atoms with Crippen LogP contribution < -0.4 is 14.4 Å². The molecular formula is C24H23Cl2F3N4O4. The van der Waals surface area contributed by atoms with Crippen LogP contribution in [0.5, 0.6) is 11.6 Å². The fourth-order valence-electron chi connectivity index (χ4n) is 3.22. The van der Waals surface area contributed by atoms with Crippen LogP contribution >= 0.6 is 23.2 Å². The quantitative estimate of drug-likeness (QED) is 0.334. The first-order valence-electron chi connectivity index (χ1n) is 11.0. The van der Waals surface area contributed by atoms with E-state index < -0.39 is 30.9 Å². The van der Waals surface area contributed by atoms with E-state index in [1.54, 1.807) is 6.92 Å². The SMILES string of the molecule is C1=NCCN1c1ccccc1.CCOC(=O)COc1cc(-c2nn(C)c(OC(F)F)c2Cl)c(F)cc1Cl. The molecule has 3 aromatic rings. The maximum atomic E-state index is 14.3. The second-order valence-corrected chi connectivity index (χ2v) is 8.16. The molecule has 8 nitrogen and oxygen atoms in total. The Morgan fingerprint density at radius 1 is 1.19 bits per heavy atom. The Hall–Kier alpha value is -3.44. The topological polar surface area (TPSA) is 78.2 Å². The number of aliphatic imine (C=N–C) groups is 1. The highest BCUT2D eigenvalue weighted by atomic mass is 35.5. The fourth-order valence-corrected chi connectivity index (χ4v) is 3.73. The number of halogens is 5. The van der Waals surface area contributed by atoms with Crippen LogP contribution in [0.3, 0.4) is 0 Å². The maximum Gasteiger partial charge on any atom is 0.388 e. The van der Waals surface area contributed by atoms with Crippen LogP contribution in [0.1, 0.15) is 6.92 Å². The Kier molecular flexibility index (Phi) is 10.0. The molecule has 1 aliphatic rings. The summed E-state index contributed by atoms with van der Waals surface area (Å²) in [5, 5.41) is 3.47. The predicted molar refractivity (Wildman–Crippen MR) is 135 cm³/mol. The molecule has 2 heterocycles. The zero-order valence-electron chi connectivity index (χ0n) is 19.8. The van der Waals surface area contributed by atoms with Crippen molar-refractivity contribution >= 4 is 41.2 Å². The number of carbonyl (C=O) groups excluding carboxylic acids is 1. The third-order valence-electron chi connectivity index (χ3n) is 4.85. The number of alkyl halides is 2. The molecule has 2 aromatic carbocycles. The Labute approximate surface area is 221 Å². The van der Waals surface area contributed by atoms with Crippen LogP contribution in [-0.4, -0.2) is 55.0 Å². The highest BCUT2D eigenvalue weighted by Gasteiger charge is 2.24. The summed E-state index contributed by atoms with van der Waals surface area (Å²) < 4.78 is 54.3. The summed E-state index contributed by atoms with van der Waals surface area (Å²) in [4.78, 5) is 17.7. The molecule has 0 saturated carbocycles. The minimum absolute atomic E-state index is 0.0332. The van der Waals surface area contributed by atoms with Gasteiger partial charge in [0.1, 0.15) is 22.3 Å². The monoisotopic (exact) mass is 558 g/mol. The van der Waals surface area contributed by atoms with Gasteiger partial charge in [0, 0.05) is 24.8 Å². The number of hydrogen-bond donors (Lipinski definition) is 0. The van der Waals surface area contributed by atoms with Gasteiger partial charge in [-0.3, -0.25) is 4.99 Å². The molecule has 0 saturated heterocycles. The van der Waals surface area contributed by atoms with Crippen LogP contribution in [0, 0.1) is 5.82 Å². The van der Waals surface area contributed by atoms with Crippen molar-refractivity contribution in [2.75, 3.05) is 31.2 Å². The predicted octanol–water partition coefficient (Wildman–Crippen LogP) is 5.61. The van der Waals surface area contributed by atoms with Gasteiger partial charge in [0.15, 0.2) is 6.61 Å². The number of rotatable bonds is 8. The molecule has 198 valence electrons. The van der Waals surface area contributed by atoms with E-state index in [4.69, 9.17) is 32.7 Å². The van der Waals surface area contributed by atoms with Crippen LogP contribution in [-0.2, 0) is 16.6 Å². The second kappa shape index (κ2) is 13.2. The largest absolute Gasteiger partial charge is 0.480 e. The highest BCUT2D eigenvalue weighted by Crippen LogP contribution is 2.39. The van der Waals surface area contributed by atoms with Gasteiger partial charge in [0.2, 0.25) is 5.88 Å². The lowest BCUT2D eigenvalue weighted by Gasteiger charge is -2.12. The zero-order valence-corrected chi connectivity index (χ0v) is 21.3. The standard InChI is InChI=1S/C15H13Cl2F3N2O4.C9H10N2/c1-3-24-11(23)6-25-10-4-7(9(18)5-8(10)16)13-12(17)14(22(2)21-13)26-15(19)20;1-2-4-9(5-3-1)11-7-6-10-8-11/h4-5,15H,3,6H2,1-2H3;1-5,8H,6-7H2. The van der Waals surface area contributed by atoms with E-state index in [0.717, 1.165) is 29.9 Å². The summed E-state index contributed by atoms with van der Waals surface area (Å²) in [6.45, 7) is 0.159. The third kappa shape index (κ3) is 7.53. The van der Waals surface area contributed by atoms with Crippen molar-refractivity contribution in [1.82, 2.24) is 9.78 Å². The fraction of sp³-hybridized carbons (Fsp3) is 0.292. The lowest BCUT2D eigenvalue weighted by molar-refractivity contribution is -0.145. The van der Waals surface area contributed by atoms with E-state index in [0.29, 0.717) is 0 Å². The number of para-hydroxylation sites is 1. The summed E-state index contributed by atoms with van der Waals surface area (Å²) in [6, 6.07) is 12.4. The number of anilines is 1. The summed E-state index contributed by atoms with van der Waals surface area (Å²) >= 11 is 11.9. The number of aryl methyl sites for hydroxylation is 1. The summed E-state index contributed by atoms with van der Waals surface area (Å²) in [5.41, 5.74) is 0.909. The van der Waals surface area contributed by atoms with Crippen molar-refractivity contribution in [3.8, 4) is 22.9 Å². The van der Waals surface area contributed by atoms with Crippen molar-refractivity contribution in [1.29, 1.82) is 0 Å². The second-order valence-electron chi connectivity index (χ2n) is 7.38. The number of esters is 1. The molecule has 1 aromatic heterocycles. The molecule has 37 heavy (non-hydrogen) atoms. The van der Waals surface area contributed by atoms with Gasteiger partial charge in [0.05, 0.1) is 24.5 Å². The van der Waals surface area contributed by atoms with Gasteiger partial charge < -0.3 is 19.1 Å². The van der Waals surface area contributed by atoms with Gasteiger partial charge in [-0.25, -0.2) is 13.9 Å². The summed E-state index contributed by atoms with van der Waals surface area (Å²) in [6.07, 6.45) is 1.90. The molecule has 4 rings (SSSR count). The molecule has 0 aliphatic carbocycles. The van der Waals surface area contributed by atoms with Crippen LogP contribution in [0.2, 0.25) is 10.0 Å². The molecule has 0 radical (unpaired) electrons. The Morgan fingerprint density at radius 3 is 2.54 bits per heavy atom. The molecule has 13 heteroatoms. The van der Waals surface area contributed by atoms with E-state index in [1.807, 2.05) is 24.5 Å². The Morgan fingerprint density at radius 2 is 1.92 bits per heavy atom. The number of carbonyl (C=O) groups is 1. The van der Waals surface area contributed by atoms with Gasteiger partial charge >= 0.3 is 12.6 Å². The number of benzene rings is 2. The van der Waals surface area contributed by atoms with Gasteiger partial charge in [-0.2, -0.15) is 13.9 Å². The van der Waals surface area contributed by atoms with Crippen molar-refractivity contribution in [2.24, 2.45) is 12.0 Å². The maximum absolute atomic E-state index is 14.3. The van der Waals surface area contributed by atoms with E-state index in [-0.39, 0.29) is 33.7 Å². The number of ether oxygens (including phenoxy) is 3. The van der Waals surface area contributed by atoms with Crippen LogP contribution in [0.4, 0.5) is 18.9 Å². The van der Waals surface area contributed by atoms with Crippen LogP contribution in [0.25, 0.3) is 11.3 Å². The lowest BCUT2D eigenvalue weighted by Crippen LogP contribution is -2.17. The molecule has 0 unspecified atom stereocenters. The van der Waals surface area contributed by atoms with Gasteiger partial charge in [0.25, 0.3) is 0 Å². The van der Waals surface area contributed by atoms with Gasteiger partial charge in [-0.1, -0.05) is 41.4 Å². The average Bonchev–Trinajstić information content (AvgIpc) is 3.49. The van der Waals surface area contributed by atoms with Crippen molar-refractivity contribution < 1.29 is 32.2 Å². The van der Waals surface area contributed by atoms with E-state index in [1.165, 1.54) is 12.7 Å². The molecule has 0 spiro atoms. The molecular weight excluding hydrogens is 536 g/mol. The highest BCUT2D eigenvalue weighted by molar-refractivity contribution is 6.34. The molecule has 1 aliphatic heterocycles. The molecule has 0 bridgehead atoms. The Bertz CT molecular complexity index is 1240. The van der Waals surface area contributed by atoms with Crippen molar-refractivity contribution in [3.63, 3.8) is 0 Å². The minimum atomic E-state index is -3.13. The third-order valence-corrected chi connectivity index (χ3v) is 5.48. The average molecular weight is 559 g/mol. The van der Waals surface area contributed by atoms with Crippen molar-refractivity contribution in [3.05, 3.63) is 58.3 Å². The molecule has 0 N–H and O–H groups in total. The summed E-state index contributed by atoms with van der Waals surface area (Å²) in [5.74, 6) is -1.92. The van der Waals surface area contributed by atoms with E-state index >= 15 is 0 Å². The molecule has 0 amide bonds. The summed E-state index contributed by atoms with van der Waals surface area (Å²) in [7, 11) is 1.30. The van der Waals surface area contributed by atoms with Gasteiger partial charge in [-0.15, -0.1) is 0 Å². The van der Waals surface area contributed by atoms with E-state index in [9.17, 15) is 18.0 Å². The van der Waals surface area contributed by atoms with Gasteiger partial charge in [-0.05, 0) is 31.2 Å². The number of aromatic nitrogens is 2. The van der Waals surface area contributed by atoms with Crippen LogP contribution in [0.15, 0.2) is 47.5 Å². The van der Waals surface area contributed by atoms with E-state index in [2.05, 4.69) is 31.9 Å². The minimum Gasteiger partial charge on any atom is -0.480 e. The number of hydrogen-bond acceptors (Lipinski definition) is 7. The zero-order chi connectivity index (χ0) is 26.9.